The van der Waals surface area contributed by atoms with Crippen molar-refractivity contribution in [2.45, 2.75) is 24.7 Å². The van der Waals surface area contributed by atoms with Crippen LogP contribution in [0.4, 0.5) is 17.5 Å². The van der Waals surface area contributed by atoms with Crippen molar-refractivity contribution in [3.05, 3.63) is 34.9 Å². The van der Waals surface area contributed by atoms with Crippen molar-refractivity contribution in [2.24, 2.45) is 5.14 Å². The summed E-state index contributed by atoms with van der Waals surface area (Å²) in [6.45, 7) is 2.68. The van der Waals surface area contributed by atoms with Crippen LogP contribution in [-0.4, -0.2) is 37.5 Å². The van der Waals surface area contributed by atoms with Gasteiger partial charge < -0.3 is 15.4 Å². The number of carbonyl (C=O) groups excluding carboxylic acids is 1. The summed E-state index contributed by atoms with van der Waals surface area (Å²) in [5.74, 6) is 0.665. The maximum absolute atomic E-state index is 11.3. The molecule has 0 fully saturated rings. The van der Waals surface area contributed by atoms with Crippen molar-refractivity contribution >= 4 is 49.4 Å². The number of benzene rings is 1. The lowest BCUT2D eigenvalue weighted by Gasteiger charge is -2.10. The van der Waals surface area contributed by atoms with E-state index in [4.69, 9.17) is 9.88 Å². The number of carbonyl (C=O) groups is 1. The second kappa shape index (κ2) is 9.62. The fourth-order valence-corrected chi connectivity index (χ4v) is 2.93. The molecule has 0 saturated carbocycles. The molecule has 0 atom stereocenters. The molecule has 11 heteroatoms. The summed E-state index contributed by atoms with van der Waals surface area (Å²) in [5, 5.41) is 11.2. The first kappa shape index (κ1) is 21.1. The number of rotatable bonds is 9. The van der Waals surface area contributed by atoms with Crippen molar-refractivity contribution in [1.82, 2.24) is 9.97 Å². The van der Waals surface area contributed by atoms with E-state index in [1.165, 1.54) is 12.1 Å². The Labute approximate surface area is 165 Å². The highest BCUT2D eigenvalue weighted by atomic mass is 79.9. The Bertz CT molecular complexity index is 890. The molecule has 0 saturated heterocycles. The van der Waals surface area contributed by atoms with Crippen molar-refractivity contribution in [2.75, 3.05) is 23.8 Å². The molecule has 9 nitrogen and oxygen atoms in total. The molecule has 1 aromatic heterocycles. The molecule has 0 unspecified atom stereocenters. The van der Waals surface area contributed by atoms with Crippen LogP contribution >= 0.6 is 15.9 Å². The van der Waals surface area contributed by atoms with Crippen LogP contribution in [0.5, 0.6) is 0 Å². The molecule has 0 radical (unpaired) electrons. The number of halogens is 1. The van der Waals surface area contributed by atoms with Gasteiger partial charge >= 0.3 is 5.97 Å². The molecule has 2 aromatic rings. The van der Waals surface area contributed by atoms with Gasteiger partial charge in [-0.05, 0) is 53.5 Å². The summed E-state index contributed by atoms with van der Waals surface area (Å²) in [6.07, 6.45) is 2.51. The molecule has 1 aromatic carbocycles. The fraction of sp³-hybridized carbons (Fsp3) is 0.312. The Morgan fingerprint density at radius 3 is 2.63 bits per heavy atom. The van der Waals surface area contributed by atoms with Gasteiger partial charge in [0.05, 0.1) is 16.0 Å². The quantitative estimate of drug-likeness (QED) is 0.385. The van der Waals surface area contributed by atoms with Gasteiger partial charge in [0.1, 0.15) is 5.82 Å². The molecule has 27 heavy (non-hydrogen) atoms. The van der Waals surface area contributed by atoms with Crippen molar-refractivity contribution in [3.63, 3.8) is 0 Å². The average Bonchev–Trinajstić information content (AvgIpc) is 2.61. The van der Waals surface area contributed by atoms with Crippen molar-refractivity contribution in [3.8, 4) is 0 Å². The summed E-state index contributed by atoms with van der Waals surface area (Å²) < 4.78 is 28.1. The zero-order valence-corrected chi connectivity index (χ0v) is 17.0. The van der Waals surface area contributed by atoms with E-state index in [1.54, 1.807) is 25.3 Å². The number of primary sulfonamides is 1. The third-order valence-electron chi connectivity index (χ3n) is 3.34. The first-order valence-corrected chi connectivity index (χ1v) is 10.5. The number of nitrogens with two attached hydrogens (primary N) is 1. The van der Waals surface area contributed by atoms with Crippen LogP contribution in [0.1, 0.15) is 19.8 Å². The van der Waals surface area contributed by atoms with Gasteiger partial charge in [0.15, 0.2) is 0 Å². The molecule has 0 aliphatic heterocycles. The summed E-state index contributed by atoms with van der Waals surface area (Å²) in [5.41, 5.74) is 0.609. The van der Waals surface area contributed by atoms with Gasteiger partial charge in [-0.3, -0.25) is 4.79 Å². The van der Waals surface area contributed by atoms with Gasteiger partial charge in [0, 0.05) is 24.8 Å². The predicted molar refractivity (Wildman–Crippen MR) is 105 cm³/mol. The maximum Gasteiger partial charge on any atom is 0.305 e. The third-order valence-corrected chi connectivity index (χ3v) is 4.85. The molecule has 1 heterocycles. The summed E-state index contributed by atoms with van der Waals surface area (Å²) >= 11 is 3.37. The highest BCUT2D eigenvalue weighted by molar-refractivity contribution is 9.10. The molecule has 0 spiro atoms. The van der Waals surface area contributed by atoms with Crippen LogP contribution in [0.15, 0.2) is 39.8 Å². The van der Waals surface area contributed by atoms with Gasteiger partial charge in [-0.2, -0.15) is 4.98 Å². The van der Waals surface area contributed by atoms with Gasteiger partial charge in [-0.15, -0.1) is 0 Å². The number of esters is 1. The topological polar surface area (TPSA) is 136 Å². The van der Waals surface area contributed by atoms with E-state index in [0.29, 0.717) is 47.9 Å². The molecule has 0 bridgehead atoms. The number of sulfonamides is 1. The smallest absolute Gasteiger partial charge is 0.305 e. The predicted octanol–water partition coefficient (Wildman–Crippen LogP) is 2.39. The van der Waals surface area contributed by atoms with Crippen LogP contribution < -0.4 is 15.8 Å². The average molecular weight is 458 g/mol. The number of nitrogens with zero attached hydrogens (tertiary/aromatic N) is 2. The highest BCUT2D eigenvalue weighted by Gasteiger charge is 2.09. The minimum absolute atomic E-state index is 0.0220. The highest BCUT2D eigenvalue weighted by Crippen LogP contribution is 2.22. The third kappa shape index (κ3) is 6.77. The van der Waals surface area contributed by atoms with E-state index in [0.717, 1.165) is 0 Å². The molecule has 2 rings (SSSR count). The van der Waals surface area contributed by atoms with E-state index < -0.39 is 10.0 Å². The normalized spacial score (nSPS) is 11.1. The molecule has 0 amide bonds. The Hall–Kier alpha value is -2.24. The van der Waals surface area contributed by atoms with E-state index in [2.05, 4.69) is 36.5 Å². The van der Waals surface area contributed by atoms with E-state index in [9.17, 15) is 13.2 Å². The molecule has 0 aliphatic carbocycles. The second-order valence-electron chi connectivity index (χ2n) is 5.42. The Kier molecular flexibility index (Phi) is 7.51. The van der Waals surface area contributed by atoms with Crippen LogP contribution in [0.25, 0.3) is 0 Å². The van der Waals surface area contributed by atoms with Gasteiger partial charge in [0.2, 0.25) is 16.0 Å². The molecular formula is C16H20BrN5O4S. The summed E-state index contributed by atoms with van der Waals surface area (Å²) in [7, 11) is -3.74. The molecular weight excluding hydrogens is 438 g/mol. The molecule has 0 aliphatic rings. The van der Waals surface area contributed by atoms with Crippen LogP contribution in [0.2, 0.25) is 0 Å². The number of anilines is 3. The van der Waals surface area contributed by atoms with E-state index >= 15 is 0 Å². The lowest BCUT2D eigenvalue weighted by atomic mass is 10.3. The van der Waals surface area contributed by atoms with Gasteiger partial charge in [0.25, 0.3) is 0 Å². The fourth-order valence-electron chi connectivity index (χ4n) is 2.08. The van der Waals surface area contributed by atoms with Crippen LogP contribution in [0.3, 0.4) is 0 Å². The standard InChI is InChI=1S/C16H20BrN5O4S/c1-2-26-14(23)4-3-9-19-15-13(17)10-20-16(22-15)21-11-5-7-12(8-6-11)27(18,24)25/h5-8,10H,2-4,9H2,1H3,(H2,18,24,25)(H2,19,20,21,22). The zero-order valence-electron chi connectivity index (χ0n) is 14.6. The Balaban J connectivity index is 1.97. The summed E-state index contributed by atoms with van der Waals surface area (Å²) in [6, 6.07) is 5.92. The van der Waals surface area contributed by atoms with E-state index in [1.807, 2.05) is 0 Å². The minimum atomic E-state index is -3.74. The number of hydrogen-bond acceptors (Lipinski definition) is 8. The van der Waals surface area contributed by atoms with Crippen LogP contribution in [0, 0.1) is 0 Å². The SMILES string of the molecule is CCOC(=O)CCCNc1nc(Nc2ccc(S(N)(=O)=O)cc2)ncc1Br. The summed E-state index contributed by atoms with van der Waals surface area (Å²) in [4.78, 5) is 19.9. The Morgan fingerprint density at radius 2 is 2.00 bits per heavy atom. The second-order valence-corrected chi connectivity index (χ2v) is 7.84. The number of aromatic nitrogens is 2. The Morgan fingerprint density at radius 1 is 1.30 bits per heavy atom. The van der Waals surface area contributed by atoms with Gasteiger partial charge in [-0.1, -0.05) is 0 Å². The number of hydrogen-bond donors (Lipinski definition) is 3. The first-order valence-electron chi connectivity index (χ1n) is 8.11. The monoisotopic (exact) mass is 457 g/mol. The number of nitrogens with one attached hydrogen (secondary N) is 2. The van der Waals surface area contributed by atoms with Gasteiger partial charge in [-0.25, -0.2) is 18.5 Å². The lowest BCUT2D eigenvalue weighted by molar-refractivity contribution is -0.143. The van der Waals surface area contributed by atoms with Crippen LogP contribution in [-0.2, 0) is 19.6 Å². The minimum Gasteiger partial charge on any atom is -0.466 e. The lowest BCUT2D eigenvalue weighted by Crippen LogP contribution is -2.12. The first-order chi connectivity index (χ1) is 12.8. The molecule has 146 valence electrons. The zero-order chi connectivity index (χ0) is 19.9. The van der Waals surface area contributed by atoms with E-state index in [-0.39, 0.29) is 10.9 Å². The van der Waals surface area contributed by atoms with Crippen molar-refractivity contribution < 1.29 is 17.9 Å². The number of ether oxygens (including phenoxy) is 1. The largest absolute Gasteiger partial charge is 0.466 e. The molecule has 4 N–H and O–H groups in total. The maximum atomic E-state index is 11.3. The van der Waals surface area contributed by atoms with Crippen molar-refractivity contribution in [1.29, 1.82) is 0 Å².